The number of aliphatic hydroxyl groups is 1. The van der Waals surface area contributed by atoms with Gasteiger partial charge in [-0.1, -0.05) is 18.2 Å². The minimum atomic E-state index is -0.0289. The fraction of sp³-hybridized carbons (Fsp3) is 0.562. The third kappa shape index (κ3) is 3.97. The molecule has 1 amide bonds. The van der Waals surface area contributed by atoms with Gasteiger partial charge < -0.3 is 15.2 Å². The molecule has 1 aliphatic rings. The van der Waals surface area contributed by atoms with Gasteiger partial charge in [0.25, 0.3) is 0 Å². The minimum absolute atomic E-state index is 0.0289. The van der Waals surface area contributed by atoms with Crippen LogP contribution >= 0.6 is 0 Å². The van der Waals surface area contributed by atoms with Crippen molar-refractivity contribution in [3.8, 4) is 5.75 Å². The third-order valence-electron chi connectivity index (χ3n) is 3.85. The molecule has 0 unspecified atom stereocenters. The van der Waals surface area contributed by atoms with Crippen LogP contribution in [-0.2, 0) is 11.2 Å². The molecule has 2 N–H and O–H groups in total. The monoisotopic (exact) mass is 277 g/mol. The number of aliphatic hydroxyl groups excluding tert-OH is 1. The fourth-order valence-electron chi connectivity index (χ4n) is 2.20. The van der Waals surface area contributed by atoms with E-state index in [0.717, 1.165) is 24.2 Å². The summed E-state index contributed by atoms with van der Waals surface area (Å²) in [6.07, 6.45) is 3.15. The lowest BCUT2D eigenvalue weighted by Gasteiger charge is -2.13. The second-order valence-electron chi connectivity index (χ2n) is 5.48. The van der Waals surface area contributed by atoms with Gasteiger partial charge in [0.1, 0.15) is 5.75 Å². The van der Waals surface area contributed by atoms with Crippen LogP contribution in [0.4, 0.5) is 0 Å². The highest BCUT2D eigenvalue weighted by atomic mass is 16.5. The molecule has 0 bridgehead atoms. The molecule has 4 nitrogen and oxygen atoms in total. The van der Waals surface area contributed by atoms with Crippen molar-refractivity contribution in [2.45, 2.75) is 32.6 Å². The van der Waals surface area contributed by atoms with Gasteiger partial charge in [0, 0.05) is 18.4 Å². The SMILES string of the molecule is CCOc1ccccc1CCC(=O)NCC1(CO)CC1. The largest absolute Gasteiger partial charge is 0.494 e. The summed E-state index contributed by atoms with van der Waals surface area (Å²) in [5, 5.41) is 12.1. The van der Waals surface area contributed by atoms with E-state index in [-0.39, 0.29) is 17.9 Å². The number of rotatable bonds is 8. The van der Waals surface area contributed by atoms with Gasteiger partial charge in [0.2, 0.25) is 5.91 Å². The number of benzene rings is 1. The van der Waals surface area contributed by atoms with Crippen molar-refractivity contribution in [2.24, 2.45) is 5.41 Å². The number of carbonyl (C=O) groups is 1. The summed E-state index contributed by atoms with van der Waals surface area (Å²) in [4.78, 5) is 11.8. The van der Waals surface area contributed by atoms with Crippen LogP contribution in [0.3, 0.4) is 0 Å². The molecule has 2 rings (SSSR count). The quantitative estimate of drug-likeness (QED) is 0.763. The molecule has 110 valence electrons. The third-order valence-corrected chi connectivity index (χ3v) is 3.85. The van der Waals surface area contributed by atoms with E-state index < -0.39 is 0 Å². The Hall–Kier alpha value is -1.55. The average molecular weight is 277 g/mol. The number of hydrogen-bond donors (Lipinski definition) is 2. The normalized spacial score (nSPS) is 15.7. The van der Waals surface area contributed by atoms with Crippen LogP contribution in [-0.4, -0.2) is 30.8 Å². The predicted octanol–water partition coefficient (Wildman–Crippen LogP) is 1.91. The summed E-state index contributed by atoms with van der Waals surface area (Å²) in [6.45, 7) is 3.34. The Morgan fingerprint density at radius 1 is 1.40 bits per heavy atom. The molecule has 0 aromatic heterocycles. The molecule has 0 heterocycles. The lowest BCUT2D eigenvalue weighted by Crippen LogP contribution is -2.31. The summed E-state index contributed by atoms with van der Waals surface area (Å²) >= 11 is 0. The van der Waals surface area contributed by atoms with Crippen LogP contribution in [0.25, 0.3) is 0 Å². The van der Waals surface area contributed by atoms with Crippen LogP contribution in [0, 0.1) is 5.41 Å². The fourth-order valence-corrected chi connectivity index (χ4v) is 2.20. The first kappa shape index (κ1) is 14.9. The van der Waals surface area contributed by atoms with Crippen LogP contribution < -0.4 is 10.1 Å². The first-order valence-electron chi connectivity index (χ1n) is 7.27. The molecule has 1 aromatic rings. The van der Waals surface area contributed by atoms with Crippen LogP contribution in [0.2, 0.25) is 0 Å². The summed E-state index contributed by atoms with van der Waals surface area (Å²) in [7, 11) is 0. The summed E-state index contributed by atoms with van der Waals surface area (Å²) in [5.41, 5.74) is 1.03. The van der Waals surface area contributed by atoms with E-state index in [1.54, 1.807) is 0 Å². The number of para-hydroxylation sites is 1. The van der Waals surface area contributed by atoms with Gasteiger partial charge in [-0.15, -0.1) is 0 Å². The van der Waals surface area contributed by atoms with Gasteiger partial charge in [0.05, 0.1) is 13.2 Å². The molecular formula is C16H23NO3. The molecule has 0 atom stereocenters. The van der Waals surface area contributed by atoms with Crippen molar-refractivity contribution < 1.29 is 14.6 Å². The van der Waals surface area contributed by atoms with Gasteiger partial charge >= 0.3 is 0 Å². The highest BCUT2D eigenvalue weighted by Gasteiger charge is 2.41. The van der Waals surface area contributed by atoms with E-state index in [1.807, 2.05) is 31.2 Å². The Balaban J connectivity index is 1.78. The Labute approximate surface area is 120 Å². The molecule has 20 heavy (non-hydrogen) atoms. The Morgan fingerprint density at radius 3 is 2.80 bits per heavy atom. The summed E-state index contributed by atoms with van der Waals surface area (Å²) in [5.74, 6) is 0.896. The molecule has 4 heteroatoms. The maximum absolute atomic E-state index is 11.8. The smallest absolute Gasteiger partial charge is 0.220 e. The van der Waals surface area contributed by atoms with E-state index >= 15 is 0 Å². The average Bonchev–Trinajstić information content (AvgIpc) is 3.25. The second kappa shape index (κ2) is 6.75. The summed E-state index contributed by atoms with van der Waals surface area (Å²) in [6, 6.07) is 7.82. The van der Waals surface area contributed by atoms with E-state index in [9.17, 15) is 9.90 Å². The van der Waals surface area contributed by atoms with Crippen molar-refractivity contribution >= 4 is 5.91 Å². The van der Waals surface area contributed by atoms with Gasteiger partial charge in [-0.25, -0.2) is 0 Å². The highest BCUT2D eigenvalue weighted by Crippen LogP contribution is 2.44. The van der Waals surface area contributed by atoms with Gasteiger partial charge in [-0.05, 0) is 37.8 Å². The molecule has 0 spiro atoms. The number of ether oxygens (including phenoxy) is 1. The number of amides is 1. The Bertz CT molecular complexity index is 455. The Morgan fingerprint density at radius 2 is 2.15 bits per heavy atom. The van der Waals surface area contributed by atoms with Crippen molar-refractivity contribution in [3.05, 3.63) is 29.8 Å². The Kier molecular flexibility index (Phi) is 5.01. The van der Waals surface area contributed by atoms with Crippen molar-refractivity contribution in [1.29, 1.82) is 0 Å². The molecule has 1 fully saturated rings. The molecular weight excluding hydrogens is 254 g/mol. The molecule has 0 radical (unpaired) electrons. The molecule has 0 aliphatic heterocycles. The summed E-state index contributed by atoms with van der Waals surface area (Å²) < 4.78 is 5.55. The first-order chi connectivity index (χ1) is 9.69. The van der Waals surface area contributed by atoms with Crippen molar-refractivity contribution in [2.75, 3.05) is 19.8 Å². The van der Waals surface area contributed by atoms with E-state index in [2.05, 4.69) is 5.32 Å². The predicted molar refractivity (Wildman–Crippen MR) is 77.7 cm³/mol. The highest BCUT2D eigenvalue weighted by molar-refractivity contribution is 5.76. The number of nitrogens with one attached hydrogen (secondary N) is 1. The molecule has 1 aliphatic carbocycles. The van der Waals surface area contributed by atoms with E-state index in [4.69, 9.17) is 4.74 Å². The van der Waals surface area contributed by atoms with Crippen LogP contribution in [0.5, 0.6) is 5.75 Å². The number of hydrogen-bond acceptors (Lipinski definition) is 3. The molecule has 1 saturated carbocycles. The number of carbonyl (C=O) groups excluding carboxylic acids is 1. The standard InChI is InChI=1S/C16H23NO3/c1-2-20-14-6-4-3-5-13(14)7-8-15(19)17-11-16(12-18)9-10-16/h3-6,18H,2,7-12H2,1H3,(H,17,19). The van der Waals surface area contributed by atoms with Crippen LogP contribution in [0.1, 0.15) is 31.7 Å². The van der Waals surface area contributed by atoms with Gasteiger partial charge in [-0.2, -0.15) is 0 Å². The second-order valence-corrected chi connectivity index (χ2v) is 5.48. The van der Waals surface area contributed by atoms with Crippen molar-refractivity contribution in [1.82, 2.24) is 5.32 Å². The lowest BCUT2D eigenvalue weighted by molar-refractivity contribution is -0.121. The van der Waals surface area contributed by atoms with E-state index in [0.29, 0.717) is 26.0 Å². The topological polar surface area (TPSA) is 58.6 Å². The van der Waals surface area contributed by atoms with Gasteiger partial charge in [0.15, 0.2) is 0 Å². The molecule has 0 saturated heterocycles. The maximum atomic E-state index is 11.8. The van der Waals surface area contributed by atoms with E-state index in [1.165, 1.54) is 0 Å². The van der Waals surface area contributed by atoms with Crippen LogP contribution in [0.15, 0.2) is 24.3 Å². The zero-order valence-corrected chi connectivity index (χ0v) is 12.0. The van der Waals surface area contributed by atoms with Crippen molar-refractivity contribution in [3.63, 3.8) is 0 Å². The zero-order chi connectivity index (χ0) is 14.4. The van der Waals surface area contributed by atoms with Gasteiger partial charge in [-0.3, -0.25) is 4.79 Å². The molecule has 1 aromatic carbocycles. The maximum Gasteiger partial charge on any atom is 0.220 e. The zero-order valence-electron chi connectivity index (χ0n) is 12.0. The lowest BCUT2D eigenvalue weighted by atomic mass is 10.1. The minimum Gasteiger partial charge on any atom is -0.494 e. The first-order valence-corrected chi connectivity index (χ1v) is 7.27. The number of aryl methyl sites for hydroxylation is 1.